The molecule has 2 rings (SSSR count). The molecule has 0 aliphatic heterocycles. The Morgan fingerprint density at radius 1 is 1.48 bits per heavy atom. The summed E-state index contributed by atoms with van der Waals surface area (Å²) in [6, 6.07) is 6.33. The van der Waals surface area contributed by atoms with Gasteiger partial charge in [0.25, 0.3) is 0 Å². The Balaban J connectivity index is 1.96. The van der Waals surface area contributed by atoms with Gasteiger partial charge < -0.3 is 10.2 Å². The first-order valence-corrected chi connectivity index (χ1v) is 7.32. The van der Waals surface area contributed by atoms with Gasteiger partial charge in [-0.05, 0) is 37.9 Å². The monoisotopic (exact) mass is 316 g/mol. The summed E-state index contributed by atoms with van der Waals surface area (Å²) in [5, 5.41) is 6.87. The molecule has 1 atom stereocenters. The van der Waals surface area contributed by atoms with Crippen molar-refractivity contribution in [2.24, 2.45) is 7.05 Å². The van der Waals surface area contributed by atoms with Crippen LogP contribution in [0.3, 0.4) is 0 Å². The number of nitrogens with one attached hydrogen (secondary N) is 1. The van der Waals surface area contributed by atoms with Crippen LogP contribution < -0.4 is 5.32 Å². The summed E-state index contributed by atoms with van der Waals surface area (Å²) in [4.78, 5) is 13.9. The van der Waals surface area contributed by atoms with Crippen LogP contribution in [-0.2, 0) is 11.8 Å². The first-order chi connectivity index (χ1) is 11.0. The third-order valence-electron chi connectivity index (χ3n) is 3.48. The Morgan fingerprint density at radius 3 is 2.87 bits per heavy atom. The molecule has 1 aromatic carbocycles. The molecular formula is C17H21FN4O. The number of halogens is 1. The number of nitrogens with zero attached hydrogens (tertiary/aromatic N) is 3. The van der Waals surface area contributed by atoms with E-state index in [4.69, 9.17) is 0 Å². The number of aromatic nitrogens is 2. The molecule has 0 saturated carbocycles. The number of likely N-dealkylation sites (N-methyl/N-ethyl adjacent to an activating group) is 1. The minimum atomic E-state index is -0.280. The summed E-state index contributed by atoms with van der Waals surface area (Å²) in [6.45, 7) is 0.396. The van der Waals surface area contributed by atoms with E-state index in [9.17, 15) is 9.18 Å². The van der Waals surface area contributed by atoms with Crippen LogP contribution in [0.4, 0.5) is 4.39 Å². The van der Waals surface area contributed by atoms with Crippen molar-refractivity contribution in [1.29, 1.82) is 0 Å². The lowest BCUT2D eigenvalue weighted by Gasteiger charge is -2.24. The van der Waals surface area contributed by atoms with Gasteiger partial charge in [-0.15, -0.1) is 0 Å². The number of hydrogen-bond acceptors (Lipinski definition) is 3. The third-order valence-corrected chi connectivity index (χ3v) is 3.48. The number of hydrogen-bond donors (Lipinski definition) is 1. The second-order valence-corrected chi connectivity index (χ2v) is 5.56. The van der Waals surface area contributed by atoms with E-state index in [0.717, 1.165) is 11.1 Å². The van der Waals surface area contributed by atoms with Crippen LogP contribution in [0.5, 0.6) is 0 Å². The molecule has 0 saturated heterocycles. The van der Waals surface area contributed by atoms with Crippen LogP contribution in [0, 0.1) is 5.82 Å². The van der Waals surface area contributed by atoms with Crippen LogP contribution in [-0.4, -0.2) is 41.2 Å². The minimum absolute atomic E-state index is 0.0959. The Kier molecular flexibility index (Phi) is 5.65. The largest absolute Gasteiger partial charge is 0.351 e. The molecule has 1 N–H and O–H groups in total. The topological polar surface area (TPSA) is 50.2 Å². The van der Waals surface area contributed by atoms with Crippen LogP contribution >= 0.6 is 0 Å². The zero-order chi connectivity index (χ0) is 16.8. The van der Waals surface area contributed by atoms with Crippen molar-refractivity contribution in [3.05, 3.63) is 59.7 Å². The molecule has 0 radical (unpaired) electrons. The average molecular weight is 316 g/mol. The molecule has 1 unspecified atom stereocenters. The second-order valence-electron chi connectivity index (χ2n) is 5.56. The summed E-state index contributed by atoms with van der Waals surface area (Å²) in [6.07, 6.45) is 6.67. The lowest BCUT2D eigenvalue weighted by atomic mass is 10.1. The number of amides is 1. The van der Waals surface area contributed by atoms with Crippen LogP contribution in [0.25, 0.3) is 6.08 Å². The maximum atomic E-state index is 13.4. The van der Waals surface area contributed by atoms with E-state index in [1.807, 2.05) is 38.3 Å². The highest BCUT2D eigenvalue weighted by Gasteiger charge is 2.15. The van der Waals surface area contributed by atoms with Crippen molar-refractivity contribution in [3.8, 4) is 0 Å². The maximum absolute atomic E-state index is 13.4. The van der Waals surface area contributed by atoms with Gasteiger partial charge in [0.2, 0.25) is 5.91 Å². The van der Waals surface area contributed by atoms with Gasteiger partial charge in [-0.1, -0.05) is 12.1 Å². The fraction of sp³-hybridized carbons (Fsp3) is 0.294. The molecule has 0 fully saturated rings. The molecule has 0 aliphatic rings. The number of aryl methyl sites for hydroxylation is 1. The lowest BCUT2D eigenvalue weighted by Crippen LogP contribution is -2.33. The number of carbonyl (C=O) groups excluding carboxylic acids is 1. The molecule has 0 aliphatic carbocycles. The predicted molar refractivity (Wildman–Crippen MR) is 88.1 cm³/mol. The van der Waals surface area contributed by atoms with E-state index in [2.05, 4.69) is 10.4 Å². The number of benzene rings is 1. The second kappa shape index (κ2) is 7.69. The first-order valence-electron chi connectivity index (χ1n) is 7.32. The van der Waals surface area contributed by atoms with Gasteiger partial charge in [0.05, 0.1) is 12.2 Å². The minimum Gasteiger partial charge on any atom is -0.351 e. The summed E-state index contributed by atoms with van der Waals surface area (Å²) in [5.74, 6) is -0.478. The Hall–Kier alpha value is -2.47. The number of carbonyl (C=O) groups is 1. The zero-order valence-electron chi connectivity index (χ0n) is 13.5. The highest BCUT2D eigenvalue weighted by Crippen LogP contribution is 2.18. The van der Waals surface area contributed by atoms with Crippen molar-refractivity contribution >= 4 is 12.0 Å². The molecule has 122 valence electrons. The van der Waals surface area contributed by atoms with Crippen molar-refractivity contribution in [2.75, 3.05) is 20.6 Å². The summed E-state index contributed by atoms with van der Waals surface area (Å²) >= 11 is 0. The van der Waals surface area contributed by atoms with Crippen LogP contribution in [0.1, 0.15) is 17.2 Å². The Morgan fingerprint density at radius 2 is 2.26 bits per heavy atom. The standard InChI is InChI=1S/C17H21FN4O/c1-21(2)16(14-5-4-6-15(18)9-14)11-19-17(23)8-7-13-10-20-22(3)12-13/h4-10,12,16H,11H2,1-3H3,(H,19,23)/b8-7+. The van der Waals surface area contributed by atoms with Crippen molar-refractivity contribution in [3.63, 3.8) is 0 Å². The molecule has 6 heteroatoms. The van der Waals surface area contributed by atoms with Crippen molar-refractivity contribution in [1.82, 2.24) is 20.0 Å². The van der Waals surface area contributed by atoms with E-state index in [-0.39, 0.29) is 17.8 Å². The lowest BCUT2D eigenvalue weighted by molar-refractivity contribution is -0.116. The van der Waals surface area contributed by atoms with Gasteiger partial charge >= 0.3 is 0 Å². The predicted octanol–water partition coefficient (Wildman–Crippen LogP) is 1.99. The van der Waals surface area contributed by atoms with Crippen molar-refractivity contribution in [2.45, 2.75) is 6.04 Å². The van der Waals surface area contributed by atoms with Crippen molar-refractivity contribution < 1.29 is 9.18 Å². The normalized spacial score (nSPS) is 12.7. The third kappa shape index (κ3) is 5.03. The summed E-state index contributed by atoms with van der Waals surface area (Å²) < 4.78 is 15.0. The van der Waals surface area contributed by atoms with Gasteiger partial charge in [-0.3, -0.25) is 9.48 Å². The fourth-order valence-electron chi connectivity index (χ4n) is 2.27. The molecule has 2 aromatic rings. The fourth-order valence-corrected chi connectivity index (χ4v) is 2.27. The van der Waals surface area contributed by atoms with E-state index < -0.39 is 0 Å². The van der Waals surface area contributed by atoms with E-state index in [0.29, 0.717) is 6.54 Å². The smallest absolute Gasteiger partial charge is 0.244 e. The molecule has 0 spiro atoms. The molecule has 23 heavy (non-hydrogen) atoms. The van der Waals surface area contributed by atoms with E-state index in [1.54, 1.807) is 23.0 Å². The van der Waals surface area contributed by atoms with Gasteiger partial charge in [0.15, 0.2) is 0 Å². The van der Waals surface area contributed by atoms with Crippen LogP contribution in [0.15, 0.2) is 42.7 Å². The quantitative estimate of drug-likeness (QED) is 0.829. The zero-order valence-corrected chi connectivity index (χ0v) is 13.5. The SMILES string of the molecule is CN(C)C(CNC(=O)/C=C/c1cnn(C)c1)c1cccc(F)c1. The Bertz CT molecular complexity index is 693. The van der Waals surface area contributed by atoms with Gasteiger partial charge in [0.1, 0.15) is 5.82 Å². The molecule has 1 heterocycles. The van der Waals surface area contributed by atoms with Gasteiger partial charge in [-0.25, -0.2) is 4.39 Å². The van der Waals surface area contributed by atoms with E-state index >= 15 is 0 Å². The molecule has 5 nitrogen and oxygen atoms in total. The highest BCUT2D eigenvalue weighted by molar-refractivity contribution is 5.91. The molecule has 1 amide bonds. The van der Waals surface area contributed by atoms with Gasteiger partial charge in [-0.2, -0.15) is 5.10 Å². The summed E-state index contributed by atoms with van der Waals surface area (Å²) in [5.41, 5.74) is 1.68. The molecular weight excluding hydrogens is 295 g/mol. The molecule has 0 bridgehead atoms. The molecule has 1 aromatic heterocycles. The Labute approximate surface area is 135 Å². The van der Waals surface area contributed by atoms with Crippen LogP contribution in [0.2, 0.25) is 0 Å². The average Bonchev–Trinajstić information content (AvgIpc) is 2.91. The maximum Gasteiger partial charge on any atom is 0.244 e. The first kappa shape index (κ1) is 16.9. The van der Waals surface area contributed by atoms with E-state index in [1.165, 1.54) is 18.2 Å². The van der Waals surface area contributed by atoms with Gasteiger partial charge in [0, 0.05) is 31.4 Å². The number of rotatable bonds is 6. The summed E-state index contributed by atoms with van der Waals surface area (Å²) in [7, 11) is 5.61. The highest BCUT2D eigenvalue weighted by atomic mass is 19.1.